The molecule has 23 heavy (non-hydrogen) atoms. The Morgan fingerprint density at radius 2 is 2.22 bits per heavy atom. The monoisotopic (exact) mass is 313 g/mol. The van der Waals surface area contributed by atoms with Gasteiger partial charge < -0.3 is 14.5 Å². The average molecular weight is 313 g/mol. The summed E-state index contributed by atoms with van der Waals surface area (Å²) < 4.78 is 11.0. The number of rotatable bonds is 5. The SMILES string of the molecule is COc1ccc2oc(C(=O)NCCC3=CCCCC3)c(C)c2c1. The van der Waals surface area contributed by atoms with Crippen molar-refractivity contribution in [2.75, 3.05) is 13.7 Å². The number of aryl methyl sites for hydroxylation is 1. The van der Waals surface area contributed by atoms with E-state index in [1.54, 1.807) is 7.11 Å². The lowest BCUT2D eigenvalue weighted by molar-refractivity contribution is 0.0927. The Labute approximate surface area is 136 Å². The number of ether oxygens (including phenoxy) is 1. The molecular formula is C19H23NO3. The summed E-state index contributed by atoms with van der Waals surface area (Å²) in [5.41, 5.74) is 3.03. The first kappa shape index (κ1) is 15.7. The predicted octanol–water partition coefficient (Wildman–Crippen LogP) is 4.37. The number of carbonyl (C=O) groups excluding carboxylic acids is 1. The minimum Gasteiger partial charge on any atom is -0.497 e. The van der Waals surface area contributed by atoms with Gasteiger partial charge in [-0.1, -0.05) is 11.6 Å². The van der Waals surface area contributed by atoms with Crippen LogP contribution in [0.15, 0.2) is 34.3 Å². The van der Waals surface area contributed by atoms with Crippen molar-refractivity contribution in [3.8, 4) is 5.75 Å². The van der Waals surface area contributed by atoms with Crippen molar-refractivity contribution in [3.05, 3.63) is 41.2 Å². The Hall–Kier alpha value is -2.23. The third-order valence-corrected chi connectivity index (χ3v) is 4.47. The first-order valence-corrected chi connectivity index (χ1v) is 8.22. The fourth-order valence-electron chi connectivity index (χ4n) is 3.09. The average Bonchev–Trinajstić information content (AvgIpc) is 2.92. The van der Waals surface area contributed by atoms with Crippen LogP contribution in [0.1, 0.15) is 48.2 Å². The highest BCUT2D eigenvalue weighted by molar-refractivity contribution is 5.99. The van der Waals surface area contributed by atoms with E-state index in [-0.39, 0.29) is 5.91 Å². The summed E-state index contributed by atoms with van der Waals surface area (Å²) >= 11 is 0. The van der Waals surface area contributed by atoms with E-state index in [4.69, 9.17) is 9.15 Å². The normalized spacial score (nSPS) is 14.6. The summed E-state index contributed by atoms with van der Waals surface area (Å²) in [5, 5.41) is 3.89. The second-order valence-electron chi connectivity index (χ2n) is 6.03. The largest absolute Gasteiger partial charge is 0.497 e. The van der Waals surface area contributed by atoms with Crippen molar-refractivity contribution in [2.24, 2.45) is 0 Å². The molecule has 0 spiro atoms. The smallest absolute Gasteiger partial charge is 0.287 e. The van der Waals surface area contributed by atoms with E-state index in [1.807, 2.05) is 25.1 Å². The number of hydrogen-bond acceptors (Lipinski definition) is 3. The van der Waals surface area contributed by atoms with E-state index in [2.05, 4.69) is 11.4 Å². The van der Waals surface area contributed by atoms with Crippen LogP contribution in [-0.4, -0.2) is 19.6 Å². The number of amides is 1. The second kappa shape index (κ2) is 6.90. The van der Waals surface area contributed by atoms with Crippen LogP contribution in [0.2, 0.25) is 0 Å². The molecule has 1 aliphatic rings. The maximum Gasteiger partial charge on any atom is 0.287 e. The number of benzene rings is 1. The predicted molar refractivity (Wildman–Crippen MR) is 91.0 cm³/mol. The number of carbonyl (C=O) groups is 1. The van der Waals surface area contributed by atoms with E-state index >= 15 is 0 Å². The fourth-order valence-corrected chi connectivity index (χ4v) is 3.09. The molecule has 1 amide bonds. The zero-order valence-corrected chi connectivity index (χ0v) is 13.8. The van der Waals surface area contributed by atoms with Gasteiger partial charge in [-0.3, -0.25) is 4.79 Å². The van der Waals surface area contributed by atoms with E-state index in [0.717, 1.165) is 23.1 Å². The maximum absolute atomic E-state index is 12.4. The van der Waals surface area contributed by atoms with Crippen LogP contribution in [0.3, 0.4) is 0 Å². The van der Waals surface area contributed by atoms with Crippen molar-refractivity contribution in [3.63, 3.8) is 0 Å². The highest BCUT2D eigenvalue weighted by Gasteiger charge is 2.18. The minimum atomic E-state index is -0.144. The van der Waals surface area contributed by atoms with E-state index in [1.165, 1.54) is 31.3 Å². The van der Waals surface area contributed by atoms with Crippen LogP contribution >= 0.6 is 0 Å². The van der Waals surface area contributed by atoms with Crippen LogP contribution in [0.4, 0.5) is 0 Å². The number of methoxy groups -OCH3 is 1. The number of furan rings is 1. The van der Waals surface area contributed by atoms with Gasteiger partial charge in [0.05, 0.1) is 7.11 Å². The zero-order valence-electron chi connectivity index (χ0n) is 13.8. The van der Waals surface area contributed by atoms with Gasteiger partial charge in [-0.15, -0.1) is 0 Å². The van der Waals surface area contributed by atoms with Crippen molar-refractivity contribution in [2.45, 2.75) is 39.0 Å². The quantitative estimate of drug-likeness (QED) is 0.834. The first-order valence-electron chi connectivity index (χ1n) is 8.22. The first-order chi connectivity index (χ1) is 11.2. The topological polar surface area (TPSA) is 51.5 Å². The lowest BCUT2D eigenvalue weighted by Crippen LogP contribution is -2.25. The molecule has 3 rings (SSSR count). The van der Waals surface area contributed by atoms with Crippen LogP contribution in [0.5, 0.6) is 5.75 Å². The molecule has 1 aromatic heterocycles. The van der Waals surface area contributed by atoms with Gasteiger partial charge >= 0.3 is 0 Å². The number of fused-ring (bicyclic) bond motifs is 1. The number of nitrogens with one attached hydrogen (secondary N) is 1. The molecule has 1 aliphatic carbocycles. The van der Waals surface area contributed by atoms with E-state index < -0.39 is 0 Å². The molecule has 122 valence electrons. The summed E-state index contributed by atoms with van der Waals surface area (Å²) in [5.74, 6) is 1.01. The lowest BCUT2D eigenvalue weighted by atomic mass is 9.97. The number of allylic oxidation sites excluding steroid dienone is 1. The highest BCUT2D eigenvalue weighted by atomic mass is 16.5. The molecule has 0 saturated carbocycles. The fraction of sp³-hybridized carbons (Fsp3) is 0.421. The van der Waals surface area contributed by atoms with Gasteiger partial charge in [-0.25, -0.2) is 0 Å². The van der Waals surface area contributed by atoms with Gasteiger partial charge in [0.1, 0.15) is 11.3 Å². The van der Waals surface area contributed by atoms with Crippen LogP contribution in [0.25, 0.3) is 11.0 Å². The van der Waals surface area contributed by atoms with Crippen molar-refractivity contribution in [1.29, 1.82) is 0 Å². The molecule has 0 saturated heterocycles. The molecule has 0 unspecified atom stereocenters. The Morgan fingerprint density at radius 3 is 2.96 bits per heavy atom. The molecule has 0 fully saturated rings. The summed E-state index contributed by atoms with van der Waals surface area (Å²) in [6.07, 6.45) is 8.14. The van der Waals surface area contributed by atoms with Crippen molar-refractivity contribution < 1.29 is 13.9 Å². The molecular weight excluding hydrogens is 290 g/mol. The summed E-state index contributed by atoms with van der Waals surface area (Å²) in [6.45, 7) is 2.56. The Bertz CT molecular complexity index is 742. The van der Waals surface area contributed by atoms with Gasteiger partial charge in [-0.2, -0.15) is 0 Å². The lowest BCUT2D eigenvalue weighted by Gasteiger charge is -2.12. The van der Waals surface area contributed by atoms with Gasteiger partial charge in [-0.05, 0) is 57.2 Å². The van der Waals surface area contributed by atoms with E-state index in [0.29, 0.717) is 17.9 Å². The maximum atomic E-state index is 12.4. The summed E-state index contributed by atoms with van der Waals surface area (Å²) in [4.78, 5) is 12.4. The minimum absolute atomic E-state index is 0.144. The van der Waals surface area contributed by atoms with Crippen molar-refractivity contribution in [1.82, 2.24) is 5.32 Å². The van der Waals surface area contributed by atoms with Crippen LogP contribution in [-0.2, 0) is 0 Å². The Balaban J connectivity index is 1.68. The molecule has 1 heterocycles. The molecule has 1 aromatic carbocycles. The Kier molecular flexibility index (Phi) is 4.70. The van der Waals surface area contributed by atoms with Crippen LogP contribution < -0.4 is 10.1 Å². The van der Waals surface area contributed by atoms with Gasteiger partial charge in [0.15, 0.2) is 5.76 Å². The standard InChI is InChI=1S/C19H23NO3/c1-13-16-12-15(22-2)8-9-17(16)23-18(13)19(21)20-11-10-14-6-4-3-5-7-14/h6,8-9,12H,3-5,7,10-11H2,1-2H3,(H,20,21). The molecule has 4 heteroatoms. The molecule has 4 nitrogen and oxygen atoms in total. The van der Waals surface area contributed by atoms with Gasteiger partial charge in [0.2, 0.25) is 0 Å². The third-order valence-electron chi connectivity index (χ3n) is 4.47. The molecule has 0 radical (unpaired) electrons. The van der Waals surface area contributed by atoms with E-state index in [9.17, 15) is 4.79 Å². The van der Waals surface area contributed by atoms with Crippen LogP contribution in [0, 0.1) is 6.92 Å². The van der Waals surface area contributed by atoms with Gasteiger partial charge in [0.25, 0.3) is 5.91 Å². The summed E-state index contributed by atoms with van der Waals surface area (Å²) in [7, 11) is 1.63. The molecule has 0 bridgehead atoms. The van der Waals surface area contributed by atoms with Crippen molar-refractivity contribution >= 4 is 16.9 Å². The third kappa shape index (κ3) is 3.41. The molecule has 0 atom stereocenters. The summed E-state index contributed by atoms with van der Waals surface area (Å²) in [6, 6.07) is 5.57. The second-order valence-corrected chi connectivity index (χ2v) is 6.03. The molecule has 0 aliphatic heterocycles. The Morgan fingerprint density at radius 1 is 1.35 bits per heavy atom. The number of hydrogen-bond donors (Lipinski definition) is 1. The zero-order chi connectivity index (χ0) is 16.2. The van der Waals surface area contributed by atoms with Gasteiger partial charge in [0, 0.05) is 17.5 Å². The molecule has 2 aromatic rings. The highest BCUT2D eigenvalue weighted by Crippen LogP contribution is 2.28. The molecule has 1 N–H and O–H groups in total.